The van der Waals surface area contributed by atoms with Crippen molar-refractivity contribution in [3.63, 3.8) is 0 Å². The highest BCUT2D eigenvalue weighted by molar-refractivity contribution is 7.99. The SMILES string of the molecule is CN1CCc2c(sc3c2c(=O)n(-c2ccc(Cl)cc2)c2nnc(SCC(N)=O)n32)C1. The van der Waals surface area contributed by atoms with Gasteiger partial charge in [-0.25, -0.2) is 8.97 Å². The first-order valence-corrected chi connectivity index (χ1v) is 11.4. The molecule has 4 heterocycles. The van der Waals surface area contributed by atoms with Gasteiger partial charge in [0.15, 0.2) is 5.16 Å². The number of likely N-dealkylation sites (N-methyl/N-ethyl adjacent to an activating group) is 1. The van der Waals surface area contributed by atoms with E-state index >= 15 is 0 Å². The van der Waals surface area contributed by atoms with Crippen LogP contribution in [0.25, 0.3) is 21.7 Å². The lowest BCUT2D eigenvalue weighted by Gasteiger charge is -2.21. The highest BCUT2D eigenvalue weighted by Gasteiger charge is 2.26. The fourth-order valence-electron chi connectivity index (χ4n) is 3.73. The molecular formula is C19H17ClN6O2S2. The van der Waals surface area contributed by atoms with Gasteiger partial charge in [0.05, 0.1) is 16.8 Å². The summed E-state index contributed by atoms with van der Waals surface area (Å²) in [5.41, 5.74) is 6.95. The van der Waals surface area contributed by atoms with Crippen molar-refractivity contribution in [1.29, 1.82) is 0 Å². The molecule has 1 aliphatic rings. The molecule has 0 atom stereocenters. The predicted octanol–water partition coefficient (Wildman–Crippen LogP) is 2.31. The molecule has 30 heavy (non-hydrogen) atoms. The maximum absolute atomic E-state index is 13.7. The normalized spacial score (nSPS) is 14.5. The number of fused-ring (bicyclic) bond motifs is 5. The number of nitrogens with zero attached hydrogens (tertiary/aromatic N) is 5. The minimum atomic E-state index is -0.439. The Balaban J connectivity index is 1.86. The third kappa shape index (κ3) is 3.11. The van der Waals surface area contributed by atoms with Crippen LogP contribution in [0.3, 0.4) is 0 Å². The Bertz CT molecular complexity index is 1360. The van der Waals surface area contributed by atoms with Crippen LogP contribution in [-0.2, 0) is 17.8 Å². The van der Waals surface area contributed by atoms with Crippen LogP contribution in [0.1, 0.15) is 10.4 Å². The van der Waals surface area contributed by atoms with Gasteiger partial charge in [0.25, 0.3) is 5.56 Å². The molecule has 0 aliphatic carbocycles. The van der Waals surface area contributed by atoms with E-state index in [0.29, 0.717) is 27.0 Å². The van der Waals surface area contributed by atoms with E-state index in [1.165, 1.54) is 16.6 Å². The van der Waals surface area contributed by atoms with E-state index in [0.717, 1.165) is 29.9 Å². The first-order chi connectivity index (χ1) is 14.4. The van der Waals surface area contributed by atoms with Crippen molar-refractivity contribution in [1.82, 2.24) is 24.1 Å². The van der Waals surface area contributed by atoms with Crippen LogP contribution in [0.4, 0.5) is 0 Å². The lowest BCUT2D eigenvalue weighted by atomic mass is 10.1. The van der Waals surface area contributed by atoms with Crippen LogP contribution < -0.4 is 11.3 Å². The number of benzene rings is 1. The van der Waals surface area contributed by atoms with Crippen LogP contribution in [0.2, 0.25) is 5.02 Å². The van der Waals surface area contributed by atoms with Gasteiger partial charge in [-0.3, -0.25) is 9.59 Å². The zero-order valence-electron chi connectivity index (χ0n) is 16.0. The number of thioether (sulfide) groups is 1. The topological polar surface area (TPSA) is 98.5 Å². The highest BCUT2D eigenvalue weighted by Crippen LogP contribution is 2.35. The molecule has 0 fully saturated rings. The molecule has 5 rings (SSSR count). The smallest absolute Gasteiger partial charge is 0.268 e. The van der Waals surface area contributed by atoms with E-state index in [2.05, 4.69) is 22.1 Å². The van der Waals surface area contributed by atoms with Crippen molar-refractivity contribution in [2.75, 3.05) is 19.3 Å². The molecule has 0 saturated carbocycles. The van der Waals surface area contributed by atoms with E-state index in [9.17, 15) is 9.59 Å². The first-order valence-electron chi connectivity index (χ1n) is 9.24. The van der Waals surface area contributed by atoms with E-state index in [-0.39, 0.29) is 11.3 Å². The van der Waals surface area contributed by atoms with Crippen molar-refractivity contribution in [2.24, 2.45) is 5.73 Å². The fraction of sp³-hybridized carbons (Fsp3) is 0.263. The molecule has 0 spiro atoms. The van der Waals surface area contributed by atoms with Crippen LogP contribution in [0, 0.1) is 0 Å². The lowest BCUT2D eigenvalue weighted by molar-refractivity contribution is -0.115. The number of hydrogen-bond donors (Lipinski definition) is 1. The Morgan fingerprint density at radius 2 is 2.07 bits per heavy atom. The summed E-state index contributed by atoms with van der Waals surface area (Å²) >= 11 is 8.84. The zero-order chi connectivity index (χ0) is 21.0. The molecule has 1 aliphatic heterocycles. The van der Waals surface area contributed by atoms with Gasteiger partial charge in [0, 0.05) is 23.0 Å². The summed E-state index contributed by atoms with van der Waals surface area (Å²) in [6, 6.07) is 7.04. The van der Waals surface area contributed by atoms with Gasteiger partial charge in [-0.15, -0.1) is 21.5 Å². The highest BCUT2D eigenvalue weighted by atomic mass is 35.5. The number of hydrogen-bond acceptors (Lipinski definition) is 7. The van der Waals surface area contributed by atoms with Crippen molar-refractivity contribution < 1.29 is 4.79 Å². The molecule has 4 aromatic rings. The summed E-state index contributed by atoms with van der Waals surface area (Å²) in [4.78, 5) is 29.2. The third-order valence-corrected chi connectivity index (χ3v) is 7.50. The standard InChI is InChI=1S/C19H17ClN6O2S2/c1-24-7-6-12-13(8-24)30-17-15(12)16(28)25(11-4-2-10(20)3-5-11)18-22-23-19(26(17)18)29-9-14(21)27/h2-5H,6-9H2,1H3,(H2,21,27). The summed E-state index contributed by atoms with van der Waals surface area (Å²) in [5.74, 6) is 0.0378. The fourth-order valence-corrected chi connectivity index (χ4v) is 6.01. The Hall–Kier alpha value is -2.40. The Labute approximate surface area is 184 Å². The molecule has 3 aromatic heterocycles. The third-order valence-electron chi connectivity index (χ3n) is 5.09. The second kappa shape index (κ2) is 7.38. The number of carbonyl (C=O) groups excluding carboxylic acids is 1. The van der Waals surface area contributed by atoms with E-state index in [1.807, 2.05) is 4.40 Å². The molecule has 0 bridgehead atoms. The molecular weight excluding hydrogens is 444 g/mol. The number of nitrogens with two attached hydrogens (primary N) is 1. The summed E-state index contributed by atoms with van der Waals surface area (Å²) < 4.78 is 3.42. The maximum atomic E-state index is 13.7. The molecule has 8 nitrogen and oxygen atoms in total. The van der Waals surface area contributed by atoms with Gasteiger partial charge in [-0.2, -0.15) is 0 Å². The molecule has 154 valence electrons. The predicted molar refractivity (Wildman–Crippen MR) is 119 cm³/mol. The minimum Gasteiger partial charge on any atom is -0.369 e. The number of halogens is 1. The Morgan fingerprint density at radius 1 is 1.30 bits per heavy atom. The quantitative estimate of drug-likeness (QED) is 0.469. The number of amides is 1. The van der Waals surface area contributed by atoms with Crippen LogP contribution >= 0.6 is 34.7 Å². The molecule has 11 heteroatoms. The molecule has 0 unspecified atom stereocenters. The second-order valence-electron chi connectivity index (χ2n) is 7.16. The van der Waals surface area contributed by atoms with E-state index in [1.54, 1.807) is 40.2 Å². The van der Waals surface area contributed by atoms with Gasteiger partial charge in [-0.1, -0.05) is 23.4 Å². The van der Waals surface area contributed by atoms with E-state index in [4.69, 9.17) is 17.3 Å². The van der Waals surface area contributed by atoms with Crippen molar-refractivity contribution in [3.8, 4) is 5.69 Å². The second-order valence-corrected chi connectivity index (χ2v) is 9.62. The van der Waals surface area contributed by atoms with Gasteiger partial charge in [0.2, 0.25) is 11.7 Å². The number of primary amides is 1. The van der Waals surface area contributed by atoms with Crippen LogP contribution in [-0.4, -0.2) is 49.3 Å². The van der Waals surface area contributed by atoms with Crippen LogP contribution in [0.15, 0.2) is 34.2 Å². The minimum absolute atomic E-state index is 0.0795. The van der Waals surface area contributed by atoms with Crippen molar-refractivity contribution in [2.45, 2.75) is 18.1 Å². The lowest BCUT2D eigenvalue weighted by Crippen LogP contribution is -2.27. The number of thiophene rings is 1. The number of rotatable bonds is 4. The Morgan fingerprint density at radius 3 is 2.80 bits per heavy atom. The van der Waals surface area contributed by atoms with Gasteiger partial charge < -0.3 is 10.6 Å². The average molecular weight is 461 g/mol. The van der Waals surface area contributed by atoms with Crippen molar-refractivity contribution >= 4 is 56.6 Å². The van der Waals surface area contributed by atoms with Gasteiger partial charge >= 0.3 is 0 Å². The summed E-state index contributed by atoms with van der Waals surface area (Å²) in [7, 11) is 2.07. The molecule has 1 aromatic carbocycles. The van der Waals surface area contributed by atoms with Crippen molar-refractivity contribution in [3.05, 3.63) is 50.1 Å². The summed E-state index contributed by atoms with van der Waals surface area (Å²) in [6.07, 6.45) is 0.805. The number of aromatic nitrogens is 4. The molecule has 0 radical (unpaired) electrons. The van der Waals surface area contributed by atoms with Gasteiger partial charge in [-0.05, 0) is 43.3 Å². The Kier molecular flexibility index (Phi) is 4.81. The first kappa shape index (κ1) is 19.6. The molecule has 1 amide bonds. The van der Waals surface area contributed by atoms with Crippen LogP contribution in [0.5, 0.6) is 0 Å². The maximum Gasteiger partial charge on any atom is 0.268 e. The average Bonchev–Trinajstić information content (AvgIpc) is 3.28. The van der Waals surface area contributed by atoms with Gasteiger partial charge in [0.1, 0.15) is 4.83 Å². The zero-order valence-corrected chi connectivity index (χ0v) is 18.4. The summed E-state index contributed by atoms with van der Waals surface area (Å²) in [6.45, 7) is 1.69. The monoisotopic (exact) mass is 460 g/mol. The molecule has 2 N–H and O–H groups in total. The number of carbonyl (C=O) groups is 1. The molecule has 0 saturated heterocycles. The largest absolute Gasteiger partial charge is 0.369 e. The summed E-state index contributed by atoms with van der Waals surface area (Å²) in [5, 5.41) is 10.4. The van der Waals surface area contributed by atoms with E-state index < -0.39 is 5.91 Å².